The van der Waals surface area contributed by atoms with Crippen LogP contribution in [0.2, 0.25) is 0 Å². The first-order valence-electron chi connectivity index (χ1n) is 13.4. The van der Waals surface area contributed by atoms with Gasteiger partial charge in [-0.1, -0.05) is 67.4 Å². The van der Waals surface area contributed by atoms with E-state index in [1.807, 2.05) is 86.6 Å². The topological polar surface area (TPSA) is 67.9 Å². The lowest BCUT2D eigenvalue weighted by molar-refractivity contribution is -0.143. The third-order valence-corrected chi connectivity index (χ3v) is 7.37. The first-order valence-corrected chi connectivity index (χ1v) is 13.4. The first-order chi connectivity index (χ1) is 18.4. The standard InChI is InChI=1S/C32H38N2O4/c1-23-11-9-18-30(24(23)2)38-22-31(35)34(21-26-14-10-17-28(19-26)37-3)29(20-25-12-5-4-6-13-25)32(36)33-27-15-7-8-16-27/h4-6,9-14,17-19,27,29H,7-8,15-16,20-22H2,1-3H3,(H,33,36). The molecule has 6 nitrogen and oxygen atoms in total. The summed E-state index contributed by atoms with van der Waals surface area (Å²) < 4.78 is 11.4. The Morgan fingerprint density at radius 3 is 2.39 bits per heavy atom. The molecular formula is C32H38N2O4. The summed E-state index contributed by atoms with van der Waals surface area (Å²) in [5, 5.41) is 3.23. The second-order valence-electron chi connectivity index (χ2n) is 10.1. The molecule has 0 radical (unpaired) electrons. The van der Waals surface area contributed by atoms with Crippen LogP contribution in [-0.4, -0.2) is 42.5 Å². The molecular weight excluding hydrogens is 476 g/mol. The minimum atomic E-state index is -0.682. The van der Waals surface area contributed by atoms with Crippen molar-refractivity contribution in [3.8, 4) is 11.5 Å². The minimum absolute atomic E-state index is 0.122. The molecule has 1 aliphatic rings. The van der Waals surface area contributed by atoms with E-state index in [4.69, 9.17) is 9.47 Å². The number of carbonyl (C=O) groups is 2. The summed E-state index contributed by atoms with van der Waals surface area (Å²) >= 11 is 0. The van der Waals surface area contributed by atoms with E-state index in [2.05, 4.69) is 5.32 Å². The molecule has 2 amide bonds. The number of amides is 2. The fourth-order valence-electron chi connectivity index (χ4n) is 4.99. The Bertz CT molecular complexity index is 1220. The summed E-state index contributed by atoms with van der Waals surface area (Å²) in [6, 6.07) is 22.8. The van der Waals surface area contributed by atoms with Gasteiger partial charge in [0, 0.05) is 19.0 Å². The number of nitrogens with one attached hydrogen (secondary N) is 1. The maximum atomic E-state index is 13.8. The van der Waals surface area contributed by atoms with E-state index in [-0.39, 0.29) is 31.0 Å². The van der Waals surface area contributed by atoms with Gasteiger partial charge in [0.05, 0.1) is 7.11 Å². The summed E-state index contributed by atoms with van der Waals surface area (Å²) in [7, 11) is 1.62. The van der Waals surface area contributed by atoms with Gasteiger partial charge in [-0.15, -0.1) is 0 Å². The van der Waals surface area contributed by atoms with Crippen molar-refractivity contribution in [2.75, 3.05) is 13.7 Å². The predicted molar refractivity (Wildman–Crippen MR) is 149 cm³/mol. The van der Waals surface area contributed by atoms with Gasteiger partial charge in [-0.2, -0.15) is 0 Å². The molecule has 3 aromatic rings. The van der Waals surface area contributed by atoms with Crippen molar-refractivity contribution in [3.05, 3.63) is 95.1 Å². The molecule has 0 bridgehead atoms. The monoisotopic (exact) mass is 514 g/mol. The minimum Gasteiger partial charge on any atom is -0.497 e. The van der Waals surface area contributed by atoms with E-state index in [0.717, 1.165) is 47.9 Å². The van der Waals surface area contributed by atoms with Crippen LogP contribution in [0.1, 0.15) is 47.9 Å². The molecule has 200 valence electrons. The molecule has 0 aliphatic heterocycles. The molecule has 0 heterocycles. The van der Waals surface area contributed by atoms with Crippen molar-refractivity contribution < 1.29 is 19.1 Å². The van der Waals surface area contributed by atoms with Gasteiger partial charge in [0.25, 0.3) is 5.91 Å². The summed E-state index contributed by atoms with van der Waals surface area (Å²) in [6.07, 6.45) is 4.60. The molecule has 4 rings (SSSR count). The van der Waals surface area contributed by atoms with Gasteiger partial charge >= 0.3 is 0 Å². The van der Waals surface area contributed by atoms with Crippen LogP contribution in [0.3, 0.4) is 0 Å². The highest BCUT2D eigenvalue weighted by atomic mass is 16.5. The second-order valence-corrected chi connectivity index (χ2v) is 10.1. The van der Waals surface area contributed by atoms with Crippen molar-refractivity contribution in [1.29, 1.82) is 0 Å². The van der Waals surface area contributed by atoms with Crippen molar-refractivity contribution in [3.63, 3.8) is 0 Å². The van der Waals surface area contributed by atoms with Crippen molar-refractivity contribution in [2.45, 2.75) is 64.6 Å². The fourth-order valence-corrected chi connectivity index (χ4v) is 4.99. The molecule has 1 atom stereocenters. The Kier molecular flexibility index (Phi) is 9.41. The summed E-state index contributed by atoms with van der Waals surface area (Å²) in [4.78, 5) is 29.3. The maximum Gasteiger partial charge on any atom is 0.261 e. The molecule has 1 saturated carbocycles. The first kappa shape index (κ1) is 27.2. The number of ether oxygens (including phenoxy) is 2. The summed E-state index contributed by atoms with van der Waals surface area (Å²) in [5.41, 5.74) is 3.98. The van der Waals surface area contributed by atoms with Crippen molar-refractivity contribution in [2.24, 2.45) is 0 Å². The predicted octanol–water partition coefficient (Wildman–Crippen LogP) is 5.39. The normalized spacial score (nSPS) is 14.1. The number of rotatable bonds is 11. The molecule has 0 aromatic heterocycles. The van der Waals surface area contributed by atoms with Crippen LogP contribution in [0.25, 0.3) is 0 Å². The van der Waals surface area contributed by atoms with Crippen LogP contribution in [0.4, 0.5) is 0 Å². The number of carbonyl (C=O) groups excluding carboxylic acids is 2. The number of benzene rings is 3. The molecule has 1 N–H and O–H groups in total. The van der Waals surface area contributed by atoms with Gasteiger partial charge in [0.1, 0.15) is 17.5 Å². The van der Waals surface area contributed by atoms with E-state index < -0.39 is 6.04 Å². The van der Waals surface area contributed by atoms with Crippen LogP contribution in [0.5, 0.6) is 11.5 Å². The molecule has 1 aliphatic carbocycles. The van der Waals surface area contributed by atoms with E-state index in [1.165, 1.54) is 0 Å². The quantitative estimate of drug-likeness (QED) is 0.373. The lowest BCUT2D eigenvalue weighted by atomic mass is 10.0. The Hall–Kier alpha value is -3.80. The average molecular weight is 515 g/mol. The number of aryl methyl sites for hydroxylation is 1. The summed E-state index contributed by atoms with van der Waals surface area (Å²) in [6.45, 7) is 4.11. The third kappa shape index (κ3) is 7.15. The third-order valence-electron chi connectivity index (χ3n) is 7.37. The van der Waals surface area contributed by atoms with Gasteiger partial charge in [0.15, 0.2) is 6.61 Å². The molecule has 1 fully saturated rings. The van der Waals surface area contributed by atoms with E-state index >= 15 is 0 Å². The Balaban J connectivity index is 1.63. The Morgan fingerprint density at radius 2 is 1.66 bits per heavy atom. The van der Waals surface area contributed by atoms with Gasteiger partial charge in [-0.3, -0.25) is 9.59 Å². The largest absolute Gasteiger partial charge is 0.497 e. The lowest BCUT2D eigenvalue weighted by Gasteiger charge is -2.32. The zero-order chi connectivity index (χ0) is 26.9. The molecule has 1 unspecified atom stereocenters. The van der Waals surface area contributed by atoms with E-state index in [1.54, 1.807) is 12.0 Å². The van der Waals surface area contributed by atoms with Crippen LogP contribution >= 0.6 is 0 Å². The molecule has 38 heavy (non-hydrogen) atoms. The maximum absolute atomic E-state index is 13.8. The smallest absolute Gasteiger partial charge is 0.261 e. The van der Waals surface area contributed by atoms with Gasteiger partial charge in [-0.25, -0.2) is 0 Å². The number of nitrogens with zero attached hydrogens (tertiary/aromatic N) is 1. The molecule has 6 heteroatoms. The van der Waals surface area contributed by atoms with Crippen molar-refractivity contribution >= 4 is 11.8 Å². The zero-order valence-electron chi connectivity index (χ0n) is 22.6. The Morgan fingerprint density at radius 1 is 0.947 bits per heavy atom. The van der Waals surface area contributed by atoms with Crippen LogP contribution < -0.4 is 14.8 Å². The fraction of sp³-hybridized carbons (Fsp3) is 0.375. The number of hydrogen-bond donors (Lipinski definition) is 1. The number of hydrogen-bond acceptors (Lipinski definition) is 4. The molecule has 0 spiro atoms. The zero-order valence-corrected chi connectivity index (χ0v) is 22.6. The van der Waals surface area contributed by atoms with Crippen molar-refractivity contribution in [1.82, 2.24) is 10.2 Å². The van der Waals surface area contributed by atoms with Crippen LogP contribution in [0.15, 0.2) is 72.8 Å². The van der Waals surface area contributed by atoms with Gasteiger partial charge in [0.2, 0.25) is 5.91 Å². The number of methoxy groups -OCH3 is 1. The Labute approximate surface area is 226 Å². The van der Waals surface area contributed by atoms with Gasteiger partial charge < -0.3 is 19.7 Å². The second kappa shape index (κ2) is 13.1. The lowest BCUT2D eigenvalue weighted by Crippen LogP contribution is -2.53. The van der Waals surface area contributed by atoms with Crippen LogP contribution in [-0.2, 0) is 22.6 Å². The van der Waals surface area contributed by atoms with E-state index in [0.29, 0.717) is 17.9 Å². The highest BCUT2D eigenvalue weighted by molar-refractivity contribution is 5.88. The SMILES string of the molecule is COc1cccc(CN(C(=O)COc2cccc(C)c2C)C(Cc2ccccc2)C(=O)NC2CCCC2)c1. The van der Waals surface area contributed by atoms with E-state index in [9.17, 15) is 9.59 Å². The van der Waals surface area contributed by atoms with Gasteiger partial charge in [-0.05, 0) is 67.1 Å². The highest BCUT2D eigenvalue weighted by Gasteiger charge is 2.32. The summed E-state index contributed by atoms with van der Waals surface area (Å²) in [5.74, 6) is 1.02. The van der Waals surface area contributed by atoms with Crippen LogP contribution in [0, 0.1) is 13.8 Å². The highest BCUT2D eigenvalue weighted by Crippen LogP contribution is 2.23. The molecule has 3 aromatic carbocycles. The molecule has 0 saturated heterocycles. The average Bonchev–Trinajstić information content (AvgIpc) is 3.45.